The van der Waals surface area contributed by atoms with Crippen molar-refractivity contribution in [2.75, 3.05) is 0 Å². The van der Waals surface area contributed by atoms with Gasteiger partial charge in [-0.3, -0.25) is 4.98 Å². The summed E-state index contributed by atoms with van der Waals surface area (Å²) in [5.74, 6) is 0. The maximum absolute atomic E-state index is 4.91. The van der Waals surface area contributed by atoms with Crippen LogP contribution in [0.25, 0.3) is 77.6 Å². The molecular weight excluding hydrogens is 536 g/mol. The van der Waals surface area contributed by atoms with Crippen LogP contribution in [0.2, 0.25) is 0 Å². The number of hydrogen-bond donors (Lipinski definition) is 0. The quantitative estimate of drug-likeness (QED) is 0.214. The van der Waals surface area contributed by atoms with E-state index in [0.717, 1.165) is 50.4 Å². The van der Waals surface area contributed by atoms with E-state index in [1.165, 1.54) is 27.2 Å². The summed E-state index contributed by atoms with van der Waals surface area (Å²) in [6, 6.07) is 53.5. The van der Waals surface area contributed by atoms with Gasteiger partial charge in [0, 0.05) is 44.7 Å². The van der Waals surface area contributed by atoms with Crippen LogP contribution in [0.15, 0.2) is 158 Å². The van der Waals surface area contributed by atoms with E-state index in [0.29, 0.717) is 0 Å². The smallest absolute Gasteiger partial charge is 0.0933 e. The van der Waals surface area contributed by atoms with Crippen molar-refractivity contribution in [2.24, 2.45) is 0 Å². The fourth-order valence-corrected chi connectivity index (χ4v) is 6.40. The Morgan fingerprint density at radius 2 is 1.02 bits per heavy atom. The molecule has 0 radical (unpaired) electrons. The maximum Gasteiger partial charge on any atom is 0.0933 e. The lowest BCUT2D eigenvalue weighted by Crippen LogP contribution is -1.93. The van der Waals surface area contributed by atoms with Crippen LogP contribution in [-0.4, -0.2) is 19.2 Å². The molecule has 0 N–H and O–H groups in total. The van der Waals surface area contributed by atoms with E-state index in [9.17, 15) is 0 Å². The van der Waals surface area contributed by atoms with Gasteiger partial charge in [0.25, 0.3) is 0 Å². The van der Waals surface area contributed by atoms with E-state index in [1.54, 1.807) is 0 Å². The van der Waals surface area contributed by atoms with E-state index in [1.807, 2.05) is 10.7 Å². The lowest BCUT2D eigenvalue weighted by Gasteiger charge is -2.10. The Kier molecular flexibility index (Phi) is 5.47. The first-order valence-electron chi connectivity index (χ1n) is 14.8. The van der Waals surface area contributed by atoms with Crippen LogP contribution < -0.4 is 0 Å². The SMILES string of the molecule is c1ccc2c(c1)ccc1cc(-c3ccc(-c4ccc(-c5ccc(-n6c7ccccc7c7ccccc76)cc5)cn4)cc3)nn12. The average Bonchev–Trinajstić information content (AvgIpc) is 3.69. The summed E-state index contributed by atoms with van der Waals surface area (Å²) in [6.07, 6.45) is 1.96. The number of fused-ring (bicyclic) bond motifs is 6. The van der Waals surface area contributed by atoms with Gasteiger partial charge in [-0.05, 0) is 54.1 Å². The molecule has 5 aromatic carbocycles. The van der Waals surface area contributed by atoms with Gasteiger partial charge in [0.05, 0.1) is 33.5 Å². The predicted octanol–water partition coefficient (Wildman–Crippen LogP) is 9.98. The monoisotopic (exact) mass is 562 g/mol. The molecule has 44 heavy (non-hydrogen) atoms. The summed E-state index contributed by atoms with van der Waals surface area (Å²) in [5, 5.41) is 8.63. The zero-order chi connectivity index (χ0) is 29.0. The topological polar surface area (TPSA) is 35.1 Å². The summed E-state index contributed by atoms with van der Waals surface area (Å²) < 4.78 is 4.36. The number of rotatable bonds is 4. The second-order valence-electron chi connectivity index (χ2n) is 11.2. The average molecular weight is 563 g/mol. The third-order valence-electron chi connectivity index (χ3n) is 8.61. The first-order valence-corrected chi connectivity index (χ1v) is 14.8. The Bertz CT molecular complexity index is 2410. The molecule has 4 nitrogen and oxygen atoms in total. The zero-order valence-corrected chi connectivity index (χ0v) is 23.8. The second kappa shape index (κ2) is 9.79. The fraction of sp³-hybridized carbons (Fsp3) is 0. The van der Waals surface area contributed by atoms with Crippen molar-refractivity contribution in [2.45, 2.75) is 0 Å². The molecule has 0 saturated carbocycles. The van der Waals surface area contributed by atoms with E-state index in [4.69, 9.17) is 10.1 Å². The molecule has 0 aliphatic heterocycles. The zero-order valence-electron chi connectivity index (χ0n) is 23.8. The molecule has 0 atom stereocenters. The number of hydrogen-bond acceptors (Lipinski definition) is 2. The van der Waals surface area contributed by atoms with Crippen LogP contribution >= 0.6 is 0 Å². The van der Waals surface area contributed by atoms with Crippen molar-refractivity contribution >= 4 is 38.2 Å². The van der Waals surface area contributed by atoms with Crippen molar-refractivity contribution in [3.63, 3.8) is 0 Å². The van der Waals surface area contributed by atoms with Gasteiger partial charge in [-0.25, -0.2) is 4.52 Å². The number of pyridine rings is 2. The van der Waals surface area contributed by atoms with Crippen LogP contribution in [0.3, 0.4) is 0 Å². The molecule has 0 unspecified atom stereocenters. The Balaban J connectivity index is 0.987. The van der Waals surface area contributed by atoms with Gasteiger partial charge >= 0.3 is 0 Å². The molecule has 0 aliphatic rings. The molecular formula is C40H26N4. The van der Waals surface area contributed by atoms with Gasteiger partial charge in [0.2, 0.25) is 0 Å². The second-order valence-corrected chi connectivity index (χ2v) is 11.2. The molecule has 0 aliphatic carbocycles. The van der Waals surface area contributed by atoms with Crippen LogP contribution in [-0.2, 0) is 0 Å². The standard InChI is InChI=1S/C40H26N4/c1-4-10-38-30(7-1)19-23-33-25-37(42-44(33)38)29-15-13-28(14-16-29)36-24-20-31(26-41-36)27-17-21-32(22-18-27)43-39-11-5-2-8-34(39)35-9-3-6-12-40(35)43/h1-26H. The largest absolute Gasteiger partial charge is 0.309 e. The highest BCUT2D eigenvalue weighted by atomic mass is 15.2. The Hall–Kier alpha value is -6.00. The minimum atomic E-state index is 0.947. The number of para-hydroxylation sites is 3. The molecule has 0 saturated heterocycles. The van der Waals surface area contributed by atoms with Crippen LogP contribution in [0, 0.1) is 0 Å². The van der Waals surface area contributed by atoms with Crippen molar-refractivity contribution < 1.29 is 0 Å². The minimum absolute atomic E-state index is 0.947. The van der Waals surface area contributed by atoms with E-state index in [2.05, 4.69) is 156 Å². The van der Waals surface area contributed by atoms with Gasteiger partial charge in [-0.1, -0.05) is 103 Å². The molecule has 206 valence electrons. The highest BCUT2D eigenvalue weighted by molar-refractivity contribution is 6.09. The van der Waals surface area contributed by atoms with E-state index >= 15 is 0 Å². The van der Waals surface area contributed by atoms with Crippen LogP contribution in [0.5, 0.6) is 0 Å². The number of aromatic nitrogens is 4. The molecule has 0 bridgehead atoms. The summed E-state index contributed by atoms with van der Waals surface area (Å²) in [4.78, 5) is 4.83. The molecule has 0 spiro atoms. The molecule has 4 aromatic heterocycles. The first-order chi connectivity index (χ1) is 21.8. The third kappa shape index (κ3) is 3.92. The van der Waals surface area contributed by atoms with E-state index < -0.39 is 0 Å². The highest BCUT2D eigenvalue weighted by Crippen LogP contribution is 2.33. The van der Waals surface area contributed by atoms with Crippen molar-refractivity contribution in [1.82, 2.24) is 19.2 Å². The van der Waals surface area contributed by atoms with Gasteiger partial charge in [-0.2, -0.15) is 5.10 Å². The lowest BCUT2D eigenvalue weighted by molar-refractivity contribution is 1.01. The Morgan fingerprint density at radius 3 is 1.70 bits per heavy atom. The Morgan fingerprint density at radius 1 is 0.432 bits per heavy atom. The van der Waals surface area contributed by atoms with Crippen LogP contribution in [0.1, 0.15) is 0 Å². The number of benzene rings is 5. The van der Waals surface area contributed by atoms with Crippen molar-refractivity contribution in [1.29, 1.82) is 0 Å². The molecule has 0 fully saturated rings. The highest BCUT2D eigenvalue weighted by Gasteiger charge is 2.12. The molecule has 0 amide bonds. The predicted molar refractivity (Wildman–Crippen MR) is 181 cm³/mol. The normalized spacial score (nSPS) is 11.6. The summed E-state index contributed by atoms with van der Waals surface area (Å²) in [5.41, 5.74) is 12.1. The summed E-state index contributed by atoms with van der Waals surface area (Å²) >= 11 is 0. The van der Waals surface area contributed by atoms with Gasteiger partial charge in [0.1, 0.15) is 0 Å². The van der Waals surface area contributed by atoms with Crippen molar-refractivity contribution in [3.05, 3.63) is 158 Å². The van der Waals surface area contributed by atoms with E-state index in [-0.39, 0.29) is 0 Å². The first kappa shape index (κ1) is 24.6. The van der Waals surface area contributed by atoms with Crippen LogP contribution in [0.4, 0.5) is 0 Å². The Labute approximate surface area is 254 Å². The molecule has 4 heteroatoms. The maximum atomic E-state index is 4.91. The van der Waals surface area contributed by atoms with Gasteiger partial charge < -0.3 is 4.57 Å². The molecule has 9 rings (SSSR count). The van der Waals surface area contributed by atoms with Gasteiger partial charge in [0.15, 0.2) is 0 Å². The van der Waals surface area contributed by atoms with Crippen molar-refractivity contribution in [3.8, 4) is 39.3 Å². The fourth-order valence-electron chi connectivity index (χ4n) is 6.40. The third-order valence-corrected chi connectivity index (χ3v) is 8.61. The summed E-state index contributed by atoms with van der Waals surface area (Å²) in [7, 11) is 0. The van der Waals surface area contributed by atoms with Gasteiger partial charge in [-0.15, -0.1) is 0 Å². The lowest BCUT2D eigenvalue weighted by atomic mass is 10.0. The molecule has 9 aromatic rings. The number of nitrogens with zero attached hydrogens (tertiary/aromatic N) is 4. The summed E-state index contributed by atoms with van der Waals surface area (Å²) in [6.45, 7) is 0. The minimum Gasteiger partial charge on any atom is -0.309 e. The molecule has 4 heterocycles.